The molecule has 0 saturated heterocycles. The summed E-state index contributed by atoms with van der Waals surface area (Å²) in [4.78, 5) is 11.3. The Bertz CT molecular complexity index is 149. The van der Waals surface area contributed by atoms with Gasteiger partial charge in [-0.2, -0.15) is 0 Å². The minimum Gasteiger partial charge on any atom is -0.379 e. The van der Waals surface area contributed by atoms with Crippen LogP contribution in [0.5, 0.6) is 0 Å². The van der Waals surface area contributed by atoms with E-state index >= 15 is 0 Å². The molecule has 12 heavy (non-hydrogen) atoms. The van der Waals surface area contributed by atoms with Crippen LogP contribution in [0.2, 0.25) is 0 Å². The molecule has 2 N–H and O–H groups in total. The fourth-order valence-electron chi connectivity index (χ4n) is 0.620. The van der Waals surface area contributed by atoms with Crippen LogP contribution in [0.3, 0.4) is 0 Å². The van der Waals surface area contributed by atoms with E-state index in [0.717, 1.165) is 0 Å². The molecular weight excluding hydrogens is 154 g/mol. The summed E-state index contributed by atoms with van der Waals surface area (Å²) in [6.07, 6.45) is 0.0635. The van der Waals surface area contributed by atoms with E-state index in [0.29, 0.717) is 6.42 Å². The van der Waals surface area contributed by atoms with Gasteiger partial charge in [0, 0.05) is 5.41 Å². The van der Waals surface area contributed by atoms with Crippen molar-refractivity contribution >= 4 is 5.78 Å². The average molecular weight is 173 g/mol. The molecule has 3 heteroatoms. The Morgan fingerprint density at radius 2 is 2.00 bits per heavy atom. The molecule has 1 unspecified atom stereocenters. The lowest BCUT2D eigenvalue weighted by molar-refractivity contribution is -0.126. The summed E-state index contributed by atoms with van der Waals surface area (Å²) in [5.41, 5.74) is -0.319. The van der Waals surface area contributed by atoms with Crippen molar-refractivity contribution in [3.8, 4) is 0 Å². The molecule has 0 saturated carbocycles. The molecule has 0 aromatic rings. The third-order valence-electron chi connectivity index (χ3n) is 1.72. The van der Waals surface area contributed by atoms with Crippen LogP contribution in [0.1, 0.15) is 34.1 Å². The Morgan fingerprint density at radius 3 is 2.33 bits per heavy atom. The highest BCUT2D eigenvalue weighted by Crippen LogP contribution is 2.13. The molecule has 0 heterocycles. The van der Waals surface area contributed by atoms with Crippen molar-refractivity contribution in [2.75, 3.05) is 6.54 Å². The molecule has 0 aliphatic rings. The Hall–Kier alpha value is -0.410. The van der Waals surface area contributed by atoms with Gasteiger partial charge in [0.05, 0.1) is 6.54 Å². The van der Waals surface area contributed by atoms with Crippen molar-refractivity contribution < 1.29 is 9.90 Å². The predicted molar refractivity (Wildman–Crippen MR) is 48.8 cm³/mol. The van der Waals surface area contributed by atoms with Gasteiger partial charge in [-0.25, -0.2) is 0 Å². The van der Waals surface area contributed by atoms with Crippen LogP contribution in [-0.4, -0.2) is 23.7 Å². The second kappa shape index (κ2) is 4.58. The van der Waals surface area contributed by atoms with Crippen LogP contribution < -0.4 is 5.32 Å². The van der Waals surface area contributed by atoms with Crippen molar-refractivity contribution in [2.24, 2.45) is 5.41 Å². The van der Waals surface area contributed by atoms with Crippen molar-refractivity contribution in [1.82, 2.24) is 5.32 Å². The molecule has 0 fully saturated rings. The maximum absolute atomic E-state index is 11.3. The smallest absolute Gasteiger partial charge is 0.151 e. The molecule has 0 radical (unpaired) electrons. The first-order valence-corrected chi connectivity index (χ1v) is 4.32. The first-order chi connectivity index (χ1) is 5.38. The SMILES string of the molecule is CCC(O)NCC(=O)C(C)(C)C. The highest BCUT2D eigenvalue weighted by atomic mass is 16.3. The minimum absolute atomic E-state index is 0.120. The van der Waals surface area contributed by atoms with Crippen LogP contribution in [0.25, 0.3) is 0 Å². The van der Waals surface area contributed by atoms with E-state index in [1.54, 1.807) is 0 Å². The van der Waals surface area contributed by atoms with Crippen molar-refractivity contribution in [2.45, 2.75) is 40.3 Å². The summed E-state index contributed by atoms with van der Waals surface area (Å²) in [6.45, 7) is 7.72. The van der Waals surface area contributed by atoms with Crippen LogP contribution in [-0.2, 0) is 4.79 Å². The average Bonchev–Trinajstić information content (AvgIpc) is 1.97. The van der Waals surface area contributed by atoms with Gasteiger partial charge < -0.3 is 5.11 Å². The fourth-order valence-corrected chi connectivity index (χ4v) is 0.620. The summed E-state index contributed by atoms with van der Waals surface area (Å²) in [6, 6.07) is 0. The Balaban J connectivity index is 3.73. The number of carbonyl (C=O) groups excluding carboxylic acids is 1. The normalized spacial score (nSPS) is 14.4. The Labute approximate surface area is 74.2 Å². The summed E-state index contributed by atoms with van der Waals surface area (Å²) in [7, 11) is 0. The first-order valence-electron chi connectivity index (χ1n) is 4.32. The number of Topliss-reactive ketones (excluding diaryl/α,β-unsaturated/α-hetero) is 1. The van der Waals surface area contributed by atoms with Gasteiger partial charge in [0.1, 0.15) is 6.23 Å². The minimum atomic E-state index is -0.559. The Kier molecular flexibility index (Phi) is 4.42. The van der Waals surface area contributed by atoms with Crippen LogP contribution >= 0.6 is 0 Å². The van der Waals surface area contributed by atoms with Crippen molar-refractivity contribution in [3.63, 3.8) is 0 Å². The van der Waals surface area contributed by atoms with E-state index in [4.69, 9.17) is 5.11 Å². The van der Waals surface area contributed by atoms with E-state index in [-0.39, 0.29) is 17.7 Å². The summed E-state index contributed by atoms with van der Waals surface area (Å²) in [5.74, 6) is 0.120. The molecule has 0 aliphatic heterocycles. The predicted octanol–water partition coefficient (Wildman–Crippen LogP) is 0.920. The zero-order valence-electron chi connectivity index (χ0n) is 8.35. The molecular formula is C9H19NO2. The van der Waals surface area contributed by atoms with Gasteiger partial charge in [0.25, 0.3) is 0 Å². The second-order valence-electron chi connectivity index (χ2n) is 3.98. The highest BCUT2D eigenvalue weighted by molar-refractivity contribution is 5.85. The van der Waals surface area contributed by atoms with Crippen molar-refractivity contribution in [1.29, 1.82) is 0 Å². The standard InChI is InChI=1S/C9H19NO2/c1-5-8(12)10-6-7(11)9(2,3)4/h8,10,12H,5-6H2,1-4H3. The van der Waals surface area contributed by atoms with Gasteiger partial charge in [-0.15, -0.1) is 0 Å². The number of ketones is 1. The topological polar surface area (TPSA) is 49.3 Å². The lowest BCUT2D eigenvalue weighted by Gasteiger charge is -2.18. The molecule has 3 nitrogen and oxygen atoms in total. The van der Waals surface area contributed by atoms with Crippen molar-refractivity contribution in [3.05, 3.63) is 0 Å². The molecule has 0 spiro atoms. The Morgan fingerprint density at radius 1 is 1.50 bits per heavy atom. The molecule has 0 aliphatic carbocycles. The lowest BCUT2D eigenvalue weighted by Crippen LogP contribution is -2.37. The van der Waals surface area contributed by atoms with Gasteiger partial charge in [-0.3, -0.25) is 10.1 Å². The number of carbonyl (C=O) groups is 1. The molecule has 0 aromatic heterocycles. The molecule has 0 aromatic carbocycles. The quantitative estimate of drug-likeness (QED) is 0.621. The summed E-state index contributed by atoms with van der Waals surface area (Å²) in [5, 5.41) is 11.9. The van der Waals surface area contributed by atoms with Crippen LogP contribution in [0.15, 0.2) is 0 Å². The second-order valence-corrected chi connectivity index (χ2v) is 3.98. The van der Waals surface area contributed by atoms with E-state index in [2.05, 4.69) is 5.32 Å². The van der Waals surface area contributed by atoms with Gasteiger partial charge in [0.15, 0.2) is 5.78 Å². The monoisotopic (exact) mass is 173 g/mol. The maximum atomic E-state index is 11.3. The van der Waals surface area contributed by atoms with E-state index in [9.17, 15) is 4.79 Å². The zero-order valence-corrected chi connectivity index (χ0v) is 8.35. The number of aliphatic hydroxyl groups is 1. The van der Waals surface area contributed by atoms with E-state index < -0.39 is 6.23 Å². The van der Waals surface area contributed by atoms with Crippen LogP contribution in [0, 0.1) is 5.41 Å². The maximum Gasteiger partial charge on any atom is 0.151 e. The van der Waals surface area contributed by atoms with Crippen LogP contribution in [0.4, 0.5) is 0 Å². The fraction of sp³-hybridized carbons (Fsp3) is 0.889. The number of hydrogen-bond acceptors (Lipinski definition) is 3. The van der Waals surface area contributed by atoms with E-state index in [1.807, 2.05) is 27.7 Å². The largest absolute Gasteiger partial charge is 0.379 e. The van der Waals surface area contributed by atoms with Gasteiger partial charge >= 0.3 is 0 Å². The number of nitrogens with one attached hydrogen (secondary N) is 1. The third-order valence-corrected chi connectivity index (χ3v) is 1.72. The summed E-state index contributed by atoms with van der Waals surface area (Å²) < 4.78 is 0. The molecule has 1 atom stereocenters. The number of rotatable bonds is 4. The van der Waals surface area contributed by atoms with Gasteiger partial charge in [0.2, 0.25) is 0 Å². The molecule has 0 rings (SSSR count). The molecule has 0 bridgehead atoms. The van der Waals surface area contributed by atoms with Gasteiger partial charge in [-0.05, 0) is 6.42 Å². The lowest BCUT2D eigenvalue weighted by atomic mass is 9.91. The number of aliphatic hydroxyl groups excluding tert-OH is 1. The molecule has 0 amide bonds. The summed E-state index contributed by atoms with van der Waals surface area (Å²) >= 11 is 0. The number of hydrogen-bond donors (Lipinski definition) is 2. The van der Waals surface area contributed by atoms with E-state index in [1.165, 1.54) is 0 Å². The first kappa shape index (κ1) is 11.6. The highest BCUT2D eigenvalue weighted by Gasteiger charge is 2.20. The van der Waals surface area contributed by atoms with Gasteiger partial charge in [-0.1, -0.05) is 27.7 Å². The third kappa shape index (κ3) is 4.46. The molecule has 72 valence electrons. The zero-order chi connectivity index (χ0) is 9.78.